The summed E-state index contributed by atoms with van der Waals surface area (Å²) in [6.45, 7) is 0.718. The lowest BCUT2D eigenvalue weighted by atomic mass is 10.2. The Morgan fingerprint density at radius 2 is 2.19 bits per heavy atom. The molecule has 0 unspecified atom stereocenters. The summed E-state index contributed by atoms with van der Waals surface area (Å²) >= 11 is 0. The van der Waals surface area contributed by atoms with Crippen molar-refractivity contribution in [2.24, 2.45) is 5.73 Å². The lowest BCUT2D eigenvalue weighted by Crippen LogP contribution is -2.11. The summed E-state index contributed by atoms with van der Waals surface area (Å²) in [6.07, 6.45) is 9.17. The molecule has 16 heavy (non-hydrogen) atoms. The van der Waals surface area contributed by atoms with Crippen LogP contribution in [0.5, 0.6) is 5.75 Å². The van der Waals surface area contributed by atoms with Crippen molar-refractivity contribution in [2.75, 3.05) is 6.54 Å². The molecule has 2 N–H and O–H groups in total. The fraction of sp³-hybridized carbons (Fsp3) is 0.615. The molecule has 0 bridgehead atoms. The number of hydrogen-bond acceptors (Lipinski definition) is 3. The Hall–Kier alpha value is -1.09. The van der Waals surface area contributed by atoms with Crippen LogP contribution in [0.3, 0.4) is 0 Å². The summed E-state index contributed by atoms with van der Waals surface area (Å²) in [5, 5.41) is 0. The number of nitrogens with two attached hydrogens (primary N) is 1. The highest BCUT2D eigenvalue weighted by molar-refractivity contribution is 5.23. The van der Waals surface area contributed by atoms with Crippen LogP contribution in [-0.2, 0) is 6.42 Å². The van der Waals surface area contributed by atoms with Gasteiger partial charge in [0.05, 0.1) is 6.10 Å². The molecular formula is C13H20N2O. The van der Waals surface area contributed by atoms with Crippen LogP contribution in [0, 0.1) is 0 Å². The molecular weight excluding hydrogens is 200 g/mol. The standard InChI is InChI=1S/C13H20N2O/c14-8-3-4-11-10-13(7-9-15-11)16-12-5-1-2-6-12/h7,9-10,12H,1-6,8,14H2. The molecule has 0 aliphatic heterocycles. The Kier molecular flexibility index (Phi) is 4.17. The van der Waals surface area contributed by atoms with E-state index in [0.29, 0.717) is 6.10 Å². The van der Waals surface area contributed by atoms with Crippen molar-refractivity contribution < 1.29 is 4.74 Å². The summed E-state index contributed by atoms with van der Waals surface area (Å²) in [7, 11) is 0. The van der Waals surface area contributed by atoms with E-state index in [-0.39, 0.29) is 0 Å². The second-order valence-corrected chi connectivity index (χ2v) is 4.40. The van der Waals surface area contributed by atoms with E-state index in [1.54, 1.807) is 0 Å². The van der Waals surface area contributed by atoms with Crippen molar-refractivity contribution >= 4 is 0 Å². The first-order valence-electron chi connectivity index (χ1n) is 6.20. The molecule has 1 aromatic heterocycles. The molecule has 88 valence electrons. The van der Waals surface area contributed by atoms with E-state index in [4.69, 9.17) is 10.5 Å². The number of aryl methyl sites for hydroxylation is 1. The molecule has 1 saturated carbocycles. The molecule has 0 saturated heterocycles. The highest BCUT2D eigenvalue weighted by Crippen LogP contribution is 2.24. The lowest BCUT2D eigenvalue weighted by molar-refractivity contribution is 0.209. The highest BCUT2D eigenvalue weighted by atomic mass is 16.5. The van der Waals surface area contributed by atoms with Gasteiger partial charge in [-0.15, -0.1) is 0 Å². The molecule has 0 spiro atoms. The van der Waals surface area contributed by atoms with Crippen LogP contribution in [0.2, 0.25) is 0 Å². The molecule has 1 fully saturated rings. The van der Waals surface area contributed by atoms with Gasteiger partial charge in [0.25, 0.3) is 0 Å². The zero-order valence-corrected chi connectivity index (χ0v) is 9.69. The van der Waals surface area contributed by atoms with E-state index in [1.165, 1.54) is 25.7 Å². The maximum absolute atomic E-state index is 5.92. The van der Waals surface area contributed by atoms with Crippen LogP contribution in [0.1, 0.15) is 37.8 Å². The fourth-order valence-electron chi connectivity index (χ4n) is 2.15. The third kappa shape index (κ3) is 3.20. The van der Waals surface area contributed by atoms with Gasteiger partial charge in [0.15, 0.2) is 0 Å². The molecule has 0 amide bonds. The van der Waals surface area contributed by atoms with Crippen LogP contribution in [0.25, 0.3) is 0 Å². The molecule has 2 rings (SSSR count). The second-order valence-electron chi connectivity index (χ2n) is 4.40. The Labute approximate surface area is 97.0 Å². The number of rotatable bonds is 5. The Bertz CT molecular complexity index is 321. The van der Waals surface area contributed by atoms with Gasteiger partial charge in [-0.2, -0.15) is 0 Å². The van der Waals surface area contributed by atoms with E-state index < -0.39 is 0 Å². The van der Waals surface area contributed by atoms with Gasteiger partial charge in [0.1, 0.15) is 5.75 Å². The van der Waals surface area contributed by atoms with Crippen molar-refractivity contribution in [2.45, 2.75) is 44.6 Å². The van der Waals surface area contributed by atoms with E-state index in [9.17, 15) is 0 Å². The van der Waals surface area contributed by atoms with E-state index in [0.717, 1.165) is 30.8 Å². The Balaban J connectivity index is 1.92. The van der Waals surface area contributed by atoms with Crippen LogP contribution in [0.4, 0.5) is 0 Å². The van der Waals surface area contributed by atoms with Gasteiger partial charge in [0, 0.05) is 18.0 Å². The minimum Gasteiger partial charge on any atom is -0.490 e. The first-order valence-corrected chi connectivity index (χ1v) is 6.20. The monoisotopic (exact) mass is 220 g/mol. The molecule has 0 atom stereocenters. The van der Waals surface area contributed by atoms with Gasteiger partial charge in [-0.3, -0.25) is 4.98 Å². The van der Waals surface area contributed by atoms with Crippen molar-refractivity contribution in [3.8, 4) is 5.75 Å². The normalized spacial score (nSPS) is 16.6. The number of ether oxygens (including phenoxy) is 1. The van der Waals surface area contributed by atoms with Crippen LogP contribution < -0.4 is 10.5 Å². The smallest absolute Gasteiger partial charge is 0.123 e. The van der Waals surface area contributed by atoms with Crippen LogP contribution in [0.15, 0.2) is 18.3 Å². The number of nitrogens with zero attached hydrogens (tertiary/aromatic N) is 1. The minimum atomic E-state index is 0.421. The summed E-state index contributed by atoms with van der Waals surface area (Å²) in [4.78, 5) is 4.32. The highest BCUT2D eigenvalue weighted by Gasteiger charge is 2.16. The lowest BCUT2D eigenvalue weighted by Gasteiger charge is -2.13. The quantitative estimate of drug-likeness (QED) is 0.828. The largest absolute Gasteiger partial charge is 0.490 e. The summed E-state index contributed by atoms with van der Waals surface area (Å²) in [5.41, 5.74) is 6.57. The Morgan fingerprint density at radius 1 is 1.38 bits per heavy atom. The molecule has 1 aliphatic carbocycles. The Morgan fingerprint density at radius 3 is 2.94 bits per heavy atom. The number of aromatic nitrogens is 1. The number of hydrogen-bond donors (Lipinski definition) is 1. The zero-order chi connectivity index (χ0) is 11.2. The summed E-state index contributed by atoms with van der Waals surface area (Å²) in [5.74, 6) is 0.967. The van der Waals surface area contributed by atoms with E-state index >= 15 is 0 Å². The first kappa shape index (κ1) is 11.4. The van der Waals surface area contributed by atoms with Crippen LogP contribution in [-0.4, -0.2) is 17.6 Å². The minimum absolute atomic E-state index is 0.421. The molecule has 1 aliphatic rings. The van der Waals surface area contributed by atoms with Crippen molar-refractivity contribution in [3.05, 3.63) is 24.0 Å². The van der Waals surface area contributed by atoms with Gasteiger partial charge in [-0.25, -0.2) is 0 Å². The molecule has 1 heterocycles. The van der Waals surface area contributed by atoms with Crippen LogP contribution >= 0.6 is 0 Å². The van der Waals surface area contributed by atoms with Gasteiger partial charge >= 0.3 is 0 Å². The van der Waals surface area contributed by atoms with Crippen molar-refractivity contribution in [3.63, 3.8) is 0 Å². The van der Waals surface area contributed by atoms with Gasteiger partial charge in [-0.05, 0) is 51.1 Å². The topological polar surface area (TPSA) is 48.1 Å². The first-order chi connectivity index (χ1) is 7.88. The third-order valence-electron chi connectivity index (χ3n) is 3.03. The molecule has 1 aromatic rings. The SMILES string of the molecule is NCCCc1cc(OC2CCCC2)ccn1. The molecule has 0 radical (unpaired) electrons. The average Bonchev–Trinajstić information content (AvgIpc) is 2.80. The maximum Gasteiger partial charge on any atom is 0.123 e. The van der Waals surface area contributed by atoms with Crippen molar-refractivity contribution in [1.29, 1.82) is 0 Å². The van der Waals surface area contributed by atoms with Gasteiger partial charge < -0.3 is 10.5 Å². The second kappa shape index (κ2) is 5.85. The van der Waals surface area contributed by atoms with Gasteiger partial charge in [-0.1, -0.05) is 0 Å². The summed E-state index contributed by atoms with van der Waals surface area (Å²) in [6, 6.07) is 4.00. The van der Waals surface area contributed by atoms with Gasteiger partial charge in [0.2, 0.25) is 0 Å². The average molecular weight is 220 g/mol. The van der Waals surface area contributed by atoms with E-state index in [1.807, 2.05) is 18.3 Å². The molecule has 3 nitrogen and oxygen atoms in total. The maximum atomic E-state index is 5.92. The molecule has 0 aromatic carbocycles. The zero-order valence-electron chi connectivity index (χ0n) is 9.69. The summed E-state index contributed by atoms with van der Waals surface area (Å²) < 4.78 is 5.92. The predicted octanol–water partition coefficient (Wildman–Crippen LogP) is 2.29. The third-order valence-corrected chi connectivity index (χ3v) is 3.03. The molecule has 3 heteroatoms. The van der Waals surface area contributed by atoms with E-state index in [2.05, 4.69) is 4.98 Å². The van der Waals surface area contributed by atoms with Crippen molar-refractivity contribution in [1.82, 2.24) is 4.98 Å². The fourth-order valence-corrected chi connectivity index (χ4v) is 2.15. The predicted molar refractivity (Wildman–Crippen MR) is 64.5 cm³/mol. The number of pyridine rings is 1.